The Morgan fingerprint density at radius 2 is 2.10 bits per heavy atom. The number of thiophene rings is 1. The number of aryl methyl sites for hydroxylation is 1. The number of amides is 3. The van der Waals surface area contributed by atoms with E-state index in [1.807, 2.05) is 6.92 Å². The molecule has 0 radical (unpaired) electrons. The van der Waals surface area contributed by atoms with Crippen molar-refractivity contribution in [3.05, 3.63) is 20.8 Å². The molecule has 2 aliphatic carbocycles. The van der Waals surface area contributed by atoms with E-state index in [1.165, 1.54) is 22.2 Å². The topological polar surface area (TPSA) is 93.1 Å². The summed E-state index contributed by atoms with van der Waals surface area (Å²) in [6.45, 7) is 6.36. The molecule has 1 fully saturated rings. The lowest BCUT2D eigenvalue weighted by molar-refractivity contribution is -0.119. The van der Waals surface area contributed by atoms with Gasteiger partial charge in [-0.15, -0.1) is 11.3 Å². The molecule has 2 aliphatic rings. The minimum absolute atomic E-state index is 0.0221. The molecule has 2 heterocycles. The third-order valence-corrected chi connectivity index (χ3v) is 7.74. The van der Waals surface area contributed by atoms with Crippen LogP contribution in [0, 0.1) is 5.92 Å². The van der Waals surface area contributed by atoms with Crippen molar-refractivity contribution in [2.75, 3.05) is 0 Å². The van der Waals surface area contributed by atoms with Gasteiger partial charge < -0.3 is 5.32 Å². The molecule has 7 nitrogen and oxygen atoms in total. The molecule has 0 aromatic carbocycles. The Labute approximate surface area is 177 Å². The van der Waals surface area contributed by atoms with E-state index >= 15 is 0 Å². The lowest BCUT2D eigenvalue weighted by Gasteiger charge is -2.18. The molecular weight excluding hydrogens is 408 g/mol. The number of nitrogens with zero attached hydrogens (tertiary/aromatic N) is 2. The van der Waals surface area contributed by atoms with Crippen LogP contribution in [0.15, 0.2) is 9.95 Å². The van der Waals surface area contributed by atoms with Gasteiger partial charge in [-0.05, 0) is 57.4 Å². The van der Waals surface area contributed by atoms with Crippen LogP contribution in [-0.4, -0.2) is 32.8 Å². The zero-order valence-electron chi connectivity index (χ0n) is 16.9. The molecule has 0 saturated heterocycles. The average Bonchev–Trinajstić information content (AvgIpc) is 3.39. The molecule has 2 N–H and O–H groups in total. The molecular formula is C20H26N4O3S2. The summed E-state index contributed by atoms with van der Waals surface area (Å²) < 4.78 is 1.64. The molecule has 1 saturated carbocycles. The number of imide groups is 1. The SMILES string of the molecule is CCn1c(SC(C)C(=O)NC(=O)NC2CC2)nc2sc3c(c2c1=O)CCC(C)C3. The van der Waals surface area contributed by atoms with Gasteiger partial charge in [0, 0.05) is 17.5 Å². The fraction of sp³-hybridized carbons (Fsp3) is 0.600. The third-order valence-electron chi connectivity index (χ3n) is 5.50. The van der Waals surface area contributed by atoms with Crippen LogP contribution < -0.4 is 16.2 Å². The second-order valence-corrected chi connectivity index (χ2v) is 10.4. The van der Waals surface area contributed by atoms with E-state index in [9.17, 15) is 14.4 Å². The van der Waals surface area contributed by atoms with Crippen LogP contribution in [0.4, 0.5) is 4.79 Å². The zero-order valence-corrected chi connectivity index (χ0v) is 18.5. The highest BCUT2D eigenvalue weighted by molar-refractivity contribution is 8.00. The van der Waals surface area contributed by atoms with Crippen molar-refractivity contribution in [3.8, 4) is 0 Å². The van der Waals surface area contributed by atoms with E-state index in [1.54, 1.807) is 22.8 Å². The van der Waals surface area contributed by atoms with E-state index in [2.05, 4.69) is 17.6 Å². The Morgan fingerprint density at radius 3 is 2.79 bits per heavy atom. The highest BCUT2D eigenvalue weighted by Gasteiger charge is 2.27. The number of rotatable bonds is 5. The second kappa shape index (κ2) is 8.10. The van der Waals surface area contributed by atoms with Gasteiger partial charge in [0.05, 0.1) is 10.6 Å². The Balaban J connectivity index is 1.58. The third kappa shape index (κ3) is 4.21. The van der Waals surface area contributed by atoms with E-state index in [4.69, 9.17) is 4.98 Å². The number of hydrogen-bond acceptors (Lipinski definition) is 6. The van der Waals surface area contributed by atoms with Gasteiger partial charge in [0.15, 0.2) is 5.16 Å². The monoisotopic (exact) mass is 434 g/mol. The molecule has 2 aromatic rings. The summed E-state index contributed by atoms with van der Waals surface area (Å²) in [6.07, 6.45) is 4.95. The molecule has 3 amide bonds. The molecule has 4 rings (SSSR count). The second-order valence-electron chi connectivity index (χ2n) is 7.97. The number of thioether (sulfide) groups is 1. The Hall–Kier alpha value is -1.87. The van der Waals surface area contributed by atoms with E-state index in [0.29, 0.717) is 17.6 Å². The van der Waals surface area contributed by atoms with Crippen LogP contribution >= 0.6 is 23.1 Å². The van der Waals surface area contributed by atoms with Gasteiger partial charge in [-0.25, -0.2) is 9.78 Å². The number of hydrogen-bond donors (Lipinski definition) is 2. The standard InChI is InChI=1S/C20H26N4O3S2/c1-4-24-18(26)15-13-8-5-10(2)9-14(13)29-17(15)23-20(24)28-11(3)16(25)22-19(27)21-12-6-7-12/h10-12H,4-9H2,1-3H3,(H2,21,22,25,27). The number of carbonyl (C=O) groups is 2. The molecule has 2 aromatic heterocycles. The molecule has 9 heteroatoms. The van der Waals surface area contributed by atoms with Crippen molar-refractivity contribution < 1.29 is 9.59 Å². The minimum Gasteiger partial charge on any atom is -0.335 e. The molecule has 0 aliphatic heterocycles. The van der Waals surface area contributed by atoms with Crippen molar-refractivity contribution in [3.63, 3.8) is 0 Å². The summed E-state index contributed by atoms with van der Waals surface area (Å²) in [5.74, 6) is 0.243. The van der Waals surface area contributed by atoms with Crippen molar-refractivity contribution in [2.45, 2.75) is 75.9 Å². The summed E-state index contributed by atoms with van der Waals surface area (Å²) in [6, 6.07) is -0.269. The van der Waals surface area contributed by atoms with Crippen LogP contribution in [0.5, 0.6) is 0 Å². The maximum Gasteiger partial charge on any atom is 0.321 e. The van der Waals surface area contributed by atoms with E-state index in [-0.39, 0.29) is 17.5 Å². The number of aromatic nitrogens is 2. The largest absolute Gasteiger partial charge is 0.335 e. The van der Waals surface area contributed by atoms with Crippen molar-refractivity contribution in [1.29, 1.82) is 0 Å². The van der Waals surface area contributed by atoms with Crippen LogP contribution in [0.25, 0.3) is 10.2 Å². The number of urea groups is 1. The van der Waals surface area contributed by atoms with Gasteiger partial charge in [-0.1, -0.05) is 18.7 Å². The Morgan fingerprint density at radius 1 is 1.34 bits per heavy atom. The highest BCUT2D eigenvalue weighted by Crippen LogP contribution is 2.36. The summed E-state index contributed by atoms with van der Waals surface area (Å²) in [5, 5.41) is 5.86. The molecule has 0 spiro atoms. The normalized spacial score (nSPS) is 19.6. The lowest BCUT2D eigenvalue weighted by Crippen LogP contribution is -2.43. The first-order chi connectivity index (χ1) is 13.9. The zero-order chi connectivity index (χ0) is 20.7. The van der Waals surface area contributed by atoms with Gasteiger partial charge in [0.1, 0.15) is 4.83 Å². The van der Waals surface area contributed by atoms with E-state index < -0.39 is 11.3 Å². The van der Waals surface area contributed by atoms with Crippen molar-refractivity contribution in [1.82, 2.24) is 20.2 Å². The molecule has 0 bridgehead atoms. The predicted octanol–water partition coefficient (Wildman–Crippen LogP) is 3.07. The average molecular weight is 435 g/mol. The number of carbonyl (C=O) groups excluding carboxylic acids is 2. The Kier molecular flexibility index (Phi) is 5.70. The summed E-state index contributed by atoms with van der Waals surface area (Å²) >= 11 is 2.83. The van der Waals surface area contributed by atoms with E-state index in [0.717, 1.165) is 42.3 Å². The molecule has 156 valence electrons. The minimum atomic E-state index is -0.545. The van der Waals surface area contributed by atoms with Crippen molar-refractivity contribution >= 4 is 45.3 Å². The van der Waals surface area contributed by atoms with Gasteiger partial charge in [-0.3, -0.25) is 19.5 Å². The summed E-state index contributed by atoms with van der Waals surface area (Å²) in [7, 11) is 0. The first-order valence-electron chi connectivity index (χ1n) is 10.2. The Bertz CT molecular complexity index is 1020. The highest BCUT2D eigenvalue weighted by atomic mass is 32.2. The number of fused-ring (bicyclic) bond motifs is 3. The number of nitrogens with one attached hydrogen (secondary N) is 2. The maximum atomic E-state index is 13.2. The predicted molar refractivity (Wildman–Crippen MR) is 116 cm³/mol. The quantitative estimate of drug-likeness (QED) is 0.557. The van der Waals surface area contributed by atoms with Gasteiger partial charge in [0.25, 0.3) is 5.56 Å². The van der Waals surface area contributed by atoms with Crippen LogP contribution in [-0.2, 0) is 24.2 Å². The van der Waals surface area contributed by atoms with Crippen LogP contribution in [0.1, 0.15) is 50.5 Å². The summed E-state index contributed by atoms with van der Waals surface area (Å²) in [4.78, 5) is 44.2. The van der Waals surface area contributed by atoms with Crippen LogP contribution in [0.2, 0.25) is 0 Å². The van der Waals surface area contributed by atoms with Gasteiger partial charge >= 0.3 is 6.03 Å². The smallest absolute Gasteiger partial charge is 0.321 e. The van der Waals surface area contributed by atoms with Gasteiger partial charge in [0.2, 0.25) is 5.91 Å². The van der Waals surface area contributed by atoms with Crippen LogP contribution in [0.3, 0.4) is 0 Å². The summed E-state index contributed by atoms with van der Waals surface area (Å²) in [5.41, 5.74) is 1.15. The molecule has 2 atom stereocenters. The fourth-order valence-corrected chi connectivity index (χ4v) is 6.04. The lowest BCUT2D eigenvalue weighted by atomic mass is 9.89. The van der Waals surface area contributed by atoms with Gasteiger partial charge in [-0.2, -0.15) is 0 Å². The fourth-order valence-electron chi connectivity index (χ4n) is 3.65. The molecule has 2 unspecified atom stereocenters. The first kappa shape index (κ1) is 20.4. The first-order valence-corrected chi connectivity index (χ1v) is 11.9. The molecule has 29 heavy (non-hydrogen) atoms. The van der Waals surface area contributed by atoms with Crippen molar-refractivity contribution in [2.24, 2.45) is 5.92 Å². The maximum absolute atomic E-state index is 13.2.